The molecule has 0 bridgehead atoms. The zero-order valence-electron chi connectivity index (χ0n) is 9.76. The third-order valence-corrected chi connectivity index (χ3v) is 4.04. The molecule has 80 valence electrons. The molecule has 0 spiro atoms. The molecule has 0 aliphatic carbocycles. The lowest BCUT2D eigenvalue weighted by molar-refractivity contribution is -0.434. The van der Waals surface area contributed by atoms with Crippen LogP contribution in [-0.4, -0.2) is 16.8 Å². The van der Waals surface area contributed by atoms with Crippen molar-refractivity contribution in [1.29, 1.82) is 0 Å². The van der Waals surface area contributed by atoms with Gasteiger partial charge in [-0.25, -0.2) is 0 Å². The molecular formula is C13H17BrN+. The van der Waals surface area contributed by atoms with E-state index in [2.05, 4.69) is 66.4 Å². The van der Waals surface area contributed by atoms with Crippen molar-refractivity contribution in [1.82, 2.24) is 0 Å². The highest BCUT2D eigenvalue weighted by Crippen LogP contribution is 2.40. The molecule has 1 aromatic carbocycles. The molecule has 1 aliphatic rings. The van der Waals surface area contributed by atoms with Gasteiger partial charge < -0.3 is 0 Å². The van der Waals surface area contributed by atoms with Crippen molar-refractivity contribution in [3.05, 3.63) is 28.2 Å². The first kappa shape index (κ1) is 10.9. The lowest BCUT2D eigenvalue weighted by Gasteiger charge is -2.14. The van der Waals surface area contributed by atoms with E-state index in [1.807, 2.05) is 0 Å². The highest BCUT2D eigenvalue weighted by molar-refractivity contribution is 9.10. The summed E-state index contributed by atoms with van der Waals surface area (Å²) in [6.45, 7) is 10.1. The summed E-state index contributed by atoms with van der Waals surface area (Å²) in [5.41, 5.74) is 4.40. The van der Waals surface area contributed by atoms with Gasteiger partial charge in [0.2, 0.25) is 5.69 Å². The average molecular weight is 267 g/mol. The molecule has 0 amide bonds. The maximum absolute atomic E-state index is 3.55. The quantitative estimate of drug-likeness (QED) is 0.679. The molecule has 1 heterocycles. The van der Waals surface area contributed by atoms with Crippen LogP contribution in [0.25, 0.3) is 0 Å². The number of rotatable bonds is 1. The summed E-state index contributed by atoms with van der Waals surface area (Å²) < 4.78 is 3.57. The normalized spacial score (nSPS) is 18.2. The van der Waals surface area contributed by atoms with E-state index in [9.17, 15) is 0 Å². The van der Waals surface area contributed by atoms with Crippen LogP contribution in [0.5, 0.6) is 0 Å². The van der Waals surface area contributed by atoms with Gasteiger partial charge in [-0.15, -0.1) is 0 Å². The maximum atomic E-state index is 3.55. The van der Waals surface area contributed by atoms with Crippen LogP contribution in [0.2, 0.25) is 0 Å². The van der Waals surface area contributed by atoms with E-state index in [-0.39, 0.29) is 5.41 Å². The number of benzene rings is 1. The molecule has 0 atom stereocenters. The van der Waals surface area contributed by atoms with Crippen LogP contribution in [0.15, 0.2) is 22.7 Å². The summed E-state index contributed by atoms with van der Waals surface area (Å²) in [6.07, 6.45) is 0. The van der Waals surface area contributed by atoms with Crippen molar-refractivity contribution >= 4 is 27.3 Å². The highest BCUT2D eigenvalue weighted by Gasteiger charge is 2.42. The molecular weight excluding hydrogens is 250 g/mol. The van der Waals surface area contributed by atoms with Crippen molar-refractivity contribution in [2.75, 3.05) is 6.54 Å². The first-order valence-corrected chi connectivity index (χ1v) is 6.19. The second kappa shape index (κ2) is 3.44. The van der Waals surface area contributed by atoms with Gasteiger partial charge >= 0.3 is 0 Å². The fourth-order valence-electron chi connectivity index (χ4n) is 2.36. The summed E-state index contributed by atoms with van der Waals surface area (Å²) in [7, 11) is 0. The summed E-state index contributed by atoms with van der Waals surface area (Å²) in [4.78, 5) is 0. The number of fused-ring (bicyclic) bond motifs is 1. The van der Waals surface area contributed by atoms with Gasteiger partial charge in [-0.05, 0) is 32.9 Å². The zero-order valence-corrected chi connectivity index (χ0v) is 11.4. The van der Waals surface area contributed by atoms with Crippen molar-refractivity contribution in [2.45, 2.75) is 33.1 Å². The predicted molar refractivity (Wildman–Crippen MR) is 68.3 cm³/mol. The Balaban J connectivity index is 2.70. The van der Waals surface area contributed by atoms with Crippen LogP contribution in [0.1, 0.15) is 33.3 Å². The second-order valence-electron chi connectivity index (χ2n) is 4.62. The van der Waals surface area contributed by atoms with Gasteiger partial charge in [0.05, 0.1) is 5.41 Å². The molecule has 0 fully saturated rings. The Labute approximate surface area is 100.0 Å². The Bertz CT molecular complexity index is 444. The van der Waals surface area contributed by atoms with E-state index in [0.717, 1.165) is 6.54 Å². The van der Waals surface area contributed by atoms with Crippen molar-refractivity contribution < 1.29 is 4.58 Å². The van der Waals surface area contributed by atoms with Crippen molar-refractivity contribution in [2.24, 2.45) is 0 Å². The van der Waals surface area contributed by atoms with Gasteiger partial charge in [0.15, 0.2) is 5.71 Å². The Hall–Kier alpha value is -0.630. The van der Waals surface area contributed by atoms with Crippen molar-refractivity contribution in [3.8, 4) is 0 Å². The van der Waals surface area contributed by atoms with E-state index in [0.29, 0.717) is 0 Å². The molecule has 0 aromatic heterocycles. The van der Waals surface area contributed by atoms with E-state index >= 15 is 0 Å². The molecule has 1 aromatic rings. The average Bonchev–Trinajstić information content (AvgIpc) is 2.37. The van der Waals surface area contributed by atoms with Gasteiger partial charge in [-0.2, -0.15) is 4.58 Å². The lowest BCUT2D eigenvalue weighted by Crippen LogP contribution is -2.26. The number of nitrogens with zero attached hydrogens (tertiary/aromatic N) is 1. The molecule has 0 unspecified atom stereocenters. The summed E-state index contributed by atoms with van der Waals surface area (Å²) in [5.74, 6) is 0. The molecule has 0 saturated carbocycles. The van der Waals surface area contributed by atoms with E-state index in [1.54, 1.807) is 0 Å². The number of halogens is 1. The van der Waals surface area contributed by atoms with Crippen LogP contribution in [0.4, 0.5) is 5.69 Å². The SMILES string of the molecule is CC[N+]1=C(C)C(C)(C)c2cc(Br)ccc21. The van der Waals surface area contributed by atoms with E-state index in [1.165, 1.54) is 21.4 Å². The molecule has 0 radical (unpaired) electrons. The van der Waals surface area contributed by atoms with Crippen LogP contribution >= 0.6 is 15.9 Å². The molecule has 2 heteroatoms. The summed E-state index contributed by atoms with van der Waals surface area (Å²) in [6, 6.07) is 6.58. The smallest absolute Gasteiger partial charge is 0.199 e. The monoisotopic (exact) mass is 266 g/mol. The number of hydrogen-bond donors (Lipinski definition) is 0. The zero-order chi connectivity index (χ0) is 11.2. The third kappa shape index (κ3) is 1.46. The fourth-order valence-corrected chi connectivity index (χ4v) is 2.73. The number of hydrogen-bond acceptors (Lipinski definition) is 0. The van der Waals surface area contributed by atoms with Crippen molar-refractivity contribution in [3.63, 3.8) is 0 Å². The van der Waals surface area contributed by atoms with Crippen LogP contribution in [-0.2, 0) is 5.41 Å². The third-order valence-electron chi connectivity index (χ3n) is 3.55. The minimum absolute atomic E-state index is 0.162. The molecule has 1 nitrogen and oxygen atoms in total. The minimum atomic E-state index is 0.162. The van der Waals surface area contributed by atoms with Gasteiger partial charge in [0.1, 0.15) is 6.54 Å². The standard InChI is InChI=1S/C13H17BrN/c1-5-15-9(2)13(3,4)11-8-10(14)6-7-12(11)15/h6-8H,5H2,1-4H3/q+1. The van der Waals surface area contributed by atoms with E-state index < -0.39 is 0 Å². The predicted octanol–water partition coefficient (Wildman–Crippen LogP) is 3.87. The highest BCUT2D eigenvalue weighted by atomic mass is 79.9. The topological polar surface area (TPSA) is 3.01 Å². The van der Waals surface area contributed by atoms with Crippen LogP contribution in [0, 0.1) is 0 Å². The summed E-state index contributed by atoms with van der Waals surface area (Å²) in [5, 5.41) is 0. The first-order valence-electron chi connectivity index (χ1n) is 5.40. The Morgan fingerprint density at radius 2 is 2.00 bits per heavy atom. The van der Waals surface area contributed by atoms with Crippen LogP contribution in [0.3, 0.4) is 0 Å². The molecule has 1 aliphatic heterocycles. The lowest BCUT2D eigenvalue weighted by atomic mass is 9.82. The molecule has 0 saturated heterocycles. The Morgan fingerprint density at radius 3 is 2.60 bits per heavy atom. The maximum Gasteiger partial charge on any atom is 0.209 e. The summed E-state index contributed by atoms with van der Waals surface area (Å²) >= 11 is 3.55. The van der Waals surface area contributed by atoms with Gasteiger partial charge in [-0.3, -0.25) is 0 Å². The minimum Gasteiger partial charge on any atom is -0.199 e. The van der Waals surface area contributed by atoms with Gasteiger partial charge in [0.25, 0.3) is 0 Å². The largest absolute Gasteiger partial charge is 0.209 e. The Morgan fingerprint density at radius 1 is 1.33 bits per heavy atom. The second-order valence-corrected chi connectivity index (χ2v) is 5.53. The van der Waals surface area contributed by atoms with Gasteiger partial charge in [0, 0.05) is 23.0 Å². The first-order chi connectivity index (χ1) is 6.98. The molecule has 2 rings (SSSR count). The molecule has 15 heavy (non-hydrogen) atoms. The Kier molecular flexibility index (Phi) is 2.50. The van der Waals surface area contributed by atoms with Crippen LogP contribution < -0.4 is 0 Å². The van der Waals surface area contributed by atoms with Gasteiger partial charge in [-0.1, -0.05) is 15.9 Å². The molecule has 0 N–H and O–H groups in total. The fraction of sp³-hybridized carbons (Fsp3) is 0.462. The van der Waals surface area contributed by atoms with E-state index in [4.69, 9.17) is 0 Å².